The Morgan fingerprint density at radius 3 is 2.26 bits per heavy atom. The Morgan fingerprint density at radius 2 is 1.79 bits per heavy atom. The van der Waals surface area contributed by atoms with Crippen molar-refractivity contribution >= 4 is 12.0 Å². The first-order chi connectivity index (χ1) is 8.91. The molecule has 0 aromatic rings. The average Bonchev–Trinajstić information content (AvgIpc) is 2.36. The lowest BCUT2D eigenvalue weighted by atomic mass is 9.84. The van der Waals surface area contributed by atoms with E-state index in [0.29, 0.717) is 5.92 Å². The van der Waals surface area contributed by atoms with Gasteiger partial charge in [-0.25, -0.2) is 4.79 Å². The van der Waals surface area contributed by atoms with Crippen molar-refractivity contribution in [3.63, 3.8) is 0 Å². The molecular formula is C14H26N2O3. The Kier molecular flexibility index (Phi) is 6.12. The summed E-state index contributed by atoms with van der Waals surface area (Å²) in [6, 6.07) is -0.270. The molecule has 1 aliphatic carbocycles. The Bertz CT molecular complexity index is 312. The Labute approximate surface area is 115 Å². The maximum absolute atomic E-state index is 12.1. The number of carbonyl (C=O) groups excluding carboxylic acids is 1. The lowest BCUT2D eigenvalue weighted by Crippen LogP contribution is -2.50. The zero-order chi connectivity index (χ0) is 14.4. The van der Waals surface area contributed by atoms with Crippen molar-refractivity contribution in [2.24, 2.45) is 5.92 Å². The molecule has 1 aliphatic rings. The molecular weight excluding hydrogens is 244 g/mol. The van der Waals surface area contributed by atoms with Gasteiger partial charge in [0.05, 0.1) is 0 Å². The molecule has 0 bridgehead atoms. The van der Waals surface area contributed by atoms with Crippen molar-refractivity contribution in [2.45, 2.75) is 65.0 Å². The number of nitrogens with zero attached hydrogens (tertiary/aromatic N) is 1. The molecule has 0 heterocycles. The summed E-state index contributed by atoms with van der Waals surface area (Å²) in [7, 11) is 0. The number of nitrogens with one attached hydrogen (secondary N) is 1. The number of carboxylic acid groups (broad SMARTS) is 1. The smallest absolute Gasteiger partial charge is 0.323 e. The molecule has 1 atom stereocenters. The van der Waals surface area contributed by atoms with Crippen LogP contribution < -0.4 is 5.32 Å². The van der Waals surface area contributed by atoms with Crippen LogP contribution in [0.1, 0.15) is 52.9 Å². The van der Waals surface area contributed by atoms with Crippen LogP contribution in [0.15, 0.2) is 0 Å². The molecule has 1 fully saturated rings. The third kappa shape index (κ3) is 5.09. The summed E-state index contributed by atoms with van der Waals surface area (Å²) in [6.45, 7) is 5.43. The second-order valence-corrected chi connectivity index (χ2v) is 5.75. The molecule has 1 saturated carbocycles. The van der Waals surface area contributed by atoms with Crippen LogP contribution in [0.25, 0.3) is 0 Å². The standard InChI is InChI=1S/C14H26N2O3/c1-10(2)16(9-13(17)18)14(19)15-11(3)12-7-5-4-6-8-12/h10-12H,4-9H2,1-3H3,(H,15,19)(H,17,18). The quantitative estimate of drug-likeness (QED) is 0.806. The lowest BCUT2D eigenvalue weighted by Gasteiger charge is -2.32. The summed E-state index contributed by atoms with van der Waals surface area (Å²) in [5.74, 6) is -0.453. The zero-order valence-corrected chi connectivity index (χ0v) is 12.2. The van der Waals surface area contributed by atoms with Crippen molar-refractivity contribution in [1.29, 1.82) is 0 Å². The molecule has 5 nitrogen and oxygen atoms in total. The second-order valence-electron chi connectivity index (χ2n) is 5.75. The number of rotatable bonds is 5. The number of carboxylic acids is 1. The lowest BCUT2D eigenvalue weighted by molar-refractivity contribution is -0.138. The summed E-state index contributed by atoms with van der Waals surface area (Å²) >= 11 is 0. The minimum absolute atomic E-state index is 0.114. The van der Waals surface area contributed by atoms with E-state index in [2.05, 4.69) is 5.32 Å². The minimum Gasteiger partial charge on any atom is -0.480 e. The maximum atomic E-state index is 12.1. The number of hydrogen-bond acceptors (Lipinski definition) is 2. The fourth-order valence-corrected chi connectivity index (χ4v) is 2.66. The molecule has 1 unspecified atom stereocenters. The Morgan fingerprint density at radius 1 is 1.21 bits per heavy atom. The molecule has 0 radical (unpaired) electrons. The highest BCUT2D eigenvalue weighted by Crippen LogP contribution is 2.26. The topological polar surface area (TPSA) is 69.6 Å². The number of carbonyl (C=O) groups is 2. The Balaban J connectivity index is 2.52. The van der Waals surface area contributed by atoms with E-state index in [1.165, 1.54) is 24.2 Å². The van der Waals surface area contributed by atoms with E-state index in [-0.39, 0.29) is 24.7 Å². The van der Waals surface area contributed by atoms with Gasteiger partial charge in [0.25, 0.3) is 0 Å². The fourth-order valence-electron chi connectivity index (χ4n) is 2.66. The van der Waals surface area contributed by atoms with Crippen molar-refractivity contribution in [3.05, 3.63) is 0 Å². The van der Waals surface area contributed by atoms with E-state index in [1.807, 2.05) is 20.8 Å². The van der Waals surface area contributed by atoms with Gasteiger partial charge in [-0.05, 0) is 39.5 Å². The van der Waals surface area contributed by atoms with E-state index >= 15 is 0 Å². The highest BCUT2D eigenvalue weighted by molar-refractivity contribution is 5.80. The van der Waals surface area contributed by atoms with Crippen molar-refractivity contribution < 1.29 is 14.7 Å². The van der Waals surface area contributed by atoms with Gasteiger partial charge >= 0.3 is 12.0 Å². The van der Waals surface area contributed by atoms with Gasteiger partial charge in [-0.1, -0.05) is 19.3 Å². The van der Waals surface area contributed by atoms with Gasteiger partial charge in [0.2, 0.25) is 0 Å². The molecule has 0 aromatic heterocycles. The second kappa shape index (κ2) is 7.36. The van der Waals surface area contributed by atoms with Gasteiger partial charge in [0, 0.05) is 12.1 Å². The number of amides is 2. The van der Waals surface area contributed by atoms with Crippen LogP contribution in [0.2, 0.25) is 0 Å². The average molecular weight is 270 g/mol. The number of aliphatic carboxylic acids is 1. The first kappa shape index (κ1) is 15.8. The van der Waals surface area contributed by atoms with Gasteiger partial charge in [0.1, 0.15) is 6.54 Å². The molecule has 0 aromatic carbocycles. The van der Waals surface area contributed by atoms with E-state index in [0.717, 1.165) is 12.8 Å². The highest BCUT2D eigenvalue weighted by atomic mass is 16.4. The molecule has 2 amide bonds. The zero-order valence-electron chi connectivity index (χ0n) is 12.2. The molecule has 19 heavy (non-hydrogen) atoms. The van der Waals surface area contributed by atoms with Crippen molar-refractivity contribution in [3.8, 4) is 0 Å². The van der Waals surface area contributed by atoms with Crippen LogP contribution in [0.4, 0.5) is 4.79 Å². The normalized spacial score (nSPS) is 18.1. The summed E-state index contributed by atoms with van der Waals surface area (Å²) in [5.41, 5.74) is 0. The molecule has 0 saturated heterocycles. The predicted molar refractivity (Wildman–Crippen MR) is 74.0 cm³/mol. The first-order valence-corrected chi connectivity index (χ1v) is 7.20. The van der Waals surface area contributed by atoms with E-state index in [9.17, 15) is 9.59 Å². The number of urea groups is 1. The van der Waals surface area contributed by atoms with Crippen LogP contribution in [0.3, 0.4) is 0 Å². The van der Waals surface area contributed by atoms with Crippen LogP contribution in [0, 0.1) is 5.92 Å². The van der Waals surface area contributed by atoms with Crippen molar-refractivity contribution in [2.75, 3.05) is 6.54 Å². The molecule has 0 aliphatic heterocycles. The van der Waals surface area contributed by atoms with E-state index < -0.39 is 5.97 Å². The first-order valence-electron chi connectivity index (χ1n) is 7.20. The molecule has 0 spiro atoms. The van der Waals surface area contributed by atoms with E-state index in [4.69, 9.17) is 5.11 Å². The van der Waals surface area contributed by atoms with Crippen LogP contribution >= 0.6 is 0 Å². The molecule has 5 heteroatoms. The van der Waals surface area contributed by atoms with Crippen LogP contribution in [-0.4, -0.2) is 40.6 Å². The highest BCUT2D eigenvalue weighted by Gasteiger charge is 2.25. The van der Waals surface area contributed by atoms with Gasteiger partial charge in [-0.3, -0.25) is 4.79 Å². The molecule has 2 N–H and O–H groups in total. The maximum Gasteiger partial charge on any atom is 0.323 e. The fraction of sp³-hybridized carbons (Fsp3) is 0.857. The summed E-state index contributed by atoms with van der Waals surface area (Å²) < 4.78 is 0. The SMILES string of the molecule is CC(NC(=O)N(CC(=O)O)C(C)C)C1CCCCC1. The third-order valence-electron chi connectivity index (χ3n) is 3.90. The third-order valence-corrected chi connectivity index (χ3v) is 3.90. The monoisotopic (exact) mass is 270 g/mol. The largest absolute Gasteiger partial charge is 0.480 e. The van der Waals surface area contributed by atoms with Crippen LogP contribution in [0.5, 0.6) is 0 Å². The Hall–Kier alpha value is -1.26. The van der Waals surface area contributed by atoms with Gasteiger partial charge in [-0.15, -0.1) is 0 Å². The summed E-state index contributed by atoms with van der Waals surface area (Å²) in [4.78, 5) is 24.3. The van der Waals surface area contributed by atoms with E-state index in [1.54, 1.807) is 0 Å². The molecule has 1 rings (SSSR count). The summed E-state index contributed by atoms with van der Waals surface area (Å²) in [6.07, 6.45) is 6.06. The van der Waals surface area contributed by atoms with Gasteiger partial charge < -0.3 is 15.3 Å². The predicted octanol–water partition coefficient (Wildman–Crippen LogP) is 2.46. The summed E-state index contributed by atoms with van der Waals surface area (Å²) in [5, 5.41) is 11.8. The molecule has 110 valence electrons. The minimum atomic E-state index is -0.978. The number of hydrogen-bond donors (Lipinski definition) is 2. The van der Waals surface area contributed by atoms with Crippen molar-refractivity contribution in [1.82, 2.24) is 10.2 Å². The van der Waals surface area contributed by atoms with Gasteiger partial charge in [0.15, 0.2) is 0 Å². The van der Waals surface area contributed by atoms with Gasteiger partial charge in [-0.2, -0.15) is 0 Å². The van der Waals surface area contributed by atoms with Crippen LogP contribution in [-0.2, 0) is 4.79 Å².